The molecule has 0 radical (unpaired) electrons. The normalized spacial score (nSPS) is 25.4. The van der Waals surface area contributed by atoms with Crippen molar-refractivity contribution in [1.29, 1.82) is 0 Å². The number of hydrogen-bond acceptors (Lipinski definition) is 4. The monoisotopic (exact) mass is 413 g/mol. The molecule has 0 aromatic heterocycles. The van der Waals surface area contributed by atoms with E-state index in [-0.39, 0.29) is 17.5 Å². The molecule has 0 spiro atoms. The van der Waals surface area contributed by atoms with Gasteiger partial charge in [0.25, 0.3) is 0 Å². The number of hydrogen-bond donors (Lipinski definition) is 2. The maximum Gasteiger partial charge on any atom is 0.335 e. The van der Waals surface area contributed by atoms with Gasteiger partial charge in [-0.15, -0.1) is 0 Å². The Hall–Kier alpha value is -2.11. The number of allylic oxidation sites excluding steroid dienone is 2. The molecular formula is C22H20ClNO3S. The third-order valence-electron chi connectivity index (χ3n) is 5.82. The minimum absolute atomic E-state index is 0.119. The second-order valence-corrected chi connectivity index (χ2v) is 9.03. The zero-order valence-electron chi connectivity index (χ0n) is 15.1. The summed E-state index contributed by atoms with van der Waals surface area (Å²) in [6.07, 6.45) is 5.66. The number of carboxylic acids is 1. The molecule has 2 heterocycles. The van der Waals surface area contributed by atoms with Crippen molar-refractivity contribution in [2.45, 2.75) is 24.5 Å². The van der Waals surface area contributed by atoms with Crippen molar-refractivity contribution in [3.05, 3.63) is 70.3 Å². The fourth-order valence-corrected chi connectivity index (χ4v) is 5.18. The molecule has 2 aromatic carbocycles. The van der Waals surface area contributed by atoms with E-state index in [0.29, 0.717) is 17.0 Å². The first-order valence-corrected chi connectivity index (χ1v) is 11.0. The SMILES string of the molecule is O=C(O)c1cc(Cl)c2c(c1)[C@@H]1C=CC[C@@H]1[C@H](c1ccc(OC3CSC3)cc1)N2. The minimum atomic E-state index is -0.953. The van der Waals surface area contributed by atoms with Gasteiger partial charge >= 0.3 is 5.97 Å². The Balaban J connectivity index is 1.46. The van der Waals surface area contributed by atoms with Crippen molar-refractivity contribution in [3.63, 3.8) is 0 Å². The lowest BCUT2D eigenvalue weighted by Crippen LogP contribution is -2.31. The number of nitrogens with one attached hydrogen (secondary N) is 1. The third kappa shape index (κ3) is 3.07. The molecule has 0 saturated carbocycles. The summed E-state index contributed by atoms with van der Waals surface area (Å²) in [5, 5.41) is 13.4. The number of fused-ring (bicyclic) bond motifs is 3. The van der Waals surface area contributed by atoms with Gasteiger partial charge in [-0.05, 0) is 47.7 Å². The quantitative estimate of drug-likeness (QED) is 0.661. The van der Waals surface area contributed by atoms with E-state index in [1.165, 1.54) is 11.6 Å². The molecular weight excluding hydrogens is 394 g/mol. The molecule has 1 aliphatic carbocycles. The number of thioether (sulfide) groups is 1. The fraction of sp³-hybridized carbons (Fsp3) is 0.318. The van der Waals surface area contributed by atoms with E-state index in [0.717, 1.165) is 34.9 Å². The number of carbonyl (C=O) groups is 1. The molecule has 144 valence electrons. The smallest absolute Gasteiger partial charge is 0.335 e. The van der Waals surface area contributed by atoms with Crippen LogP contribution in [-0.4, -0.2) is 28.7 Å². The average molecular weight is 414 g/mol. The summed E-state index contributed by atoms with van der Waals surface area (Å²) in [6.45, 7) is 0. The second kappa shape index (κ2) is 7.05. The highest BCUT2D eigenvalue weighted by atomic mass is 35.5. The number of aromatic carboxylic acids is 1. The molecule has 2 aromatic rings. The van der Waals surface area contributed by atoms with Crippen molar-refractivity contribution in [1.82, 2.24) is 0 Å². The number of anilines is 1. The number of carboxylic acid groups (broad SMARTS) is 1. The van der Waals surface area contributed by atoms with Crippen LogP contribution < -0.4 is 10.1 Å². The summed E-state index contributed by atoms with van der Waals surface area (Å²) in [5.41, 5.74) is 3.25. The average Bonchev–Trinajstić information content (AvgIpc) is 3.15. The third-order valence-corrected chi connectivity index (χ3v) is 7.33. The van der Waals surface area contributed by atoms with E-state index in [4.69, 9.17) is 16.3 Å². The highest BCUT2D eigenvalue weighted by molar-refractivity contribution is 8.00. The first-order valence-electron chi connectivity index (χ1n) is 9.44. The van der Waals surface area contributed by atoms with Crippen LogP contribution in [-0.2, 0) is 0 Å². The van der Waals surface area contributed by atoms with Crippen molar-refractivity contribution in [3.8, 4) is 5.75 Å². The molecule has 2 N–H and O–H groups in total. The van der Waals surface area contributed by atoms with E-state index in [1.54, 1.807) is 6.07 Å². The summed E-state index contributed by atoms with van der Waals surface area (Å²) >= 11 is 8.37. The van der Waals surface area contributed by atoms with Crippen LogP contribution in [0.5, 0.6) is 5.75 Å². The summed E-state index contributed by atoms with van der Waals surface area (Å²) in [7, 11) is 0. The minimum Gasteiger partial charge on any atom is -0.489 e. The number of rotatable bonds is 4. The Labute approximate surface area is 172 Å². The topological polar surface area (TPSA) is 58.6 Å². The van der Waals surface area contributed by atoms with E-state index in [9.17, 15) is 9.90 Å². The van der Waals surface area contributed by atoms with Gasteiger partial charge in [0.05, 0.1) is 22.3 Å². The zero-order valence-corrected chi connectivity index (χ0v) is 16.7. The van der Waals surface area contributed by atoms with Crippen LogP contribution in [0.25, 0.3) is 0 Å². The van der Waals surface area contributed by atoms with Crippen LogP contribution in [0.4, 0.5) is 5.69 Å². The van der Waals surface area contributed by atoms with Gasteiger partial charge in [0.1, 0.15) is 11.9 Å². The number of benzene rings is 2. The molecule has 3 aliphatic rings. The standard InChI is InChI=1S/C22H20ClNO3S/c23-19-9-13(22(25)26)8-18-16-2-1-3-17(16)20(24-21(18)19)12-4-6-14(7-5-12)27-15-10-28-11-15/h1-2,4-9,15-17,20,24H,3,10-11H2,(H,25,26)/t16-,17+,20+/m1/s1. The van der Waals surface area contributed by atoms with Gasteiger partial charge in [0.15, 0.2) is 0 Å². The molecule has 4 nitrogen and oxygen atoms in total. The molecule has 6 heteroatoms. The lowest BCUT2D eigenvalue weighted by Gasteiger charge is -2.38. The van der Waals surface area contributed by atoms with Crippen LogP contribution >= 0.6 is 23.4 Å². The van der Waals surface area contributed by atoms with E-state index >= 15 is 0 Å². The van der Waals surface area contributed by atoms with Crippen LogP contribution in [0.1, 0.15) is 39.9 Å². The first-order chi connectivity index (χ1) is 13.6. The van der Waals surface area contributed by atoms with Crippen molar-refractivity contribution in [2.24, 2.45) is 5.92 Å². The molecule has 5 rings (SSSR count). The molecule has 1 saturated heterocycles. The second-order valence-electron chi connectivity index (χ2n) is 7.55. The van der Waals surface area contributed by atoms with Crippen molar-refractivity contribution < 1.29 is 14.6 Å². The molecule has 0 amide bonds. The Morgan fingerprint density at radius 2 is 2.00 bits per heavy atom. The molecule has 2 aliphatic heterocycles. The van der Waals surface area contributed by atoms with Crippen molar-refractivity contribution >= 4 is 35.0 Å². The number of halogens is 1. The highest BCUT2D eigenvalue weighted by Gasteiger charge is 2.39. The Morgan fingerprint density at radius 1 is 1.21 bits per heavy atom. The predicted molar refractivity (Wildman–Crippen MR) is 113 cm³/mol. The van der Waals surface area contributed by atoms with Crippen LogP contribution in [0.2, 0.25) is 5.02 Å². The Morgan fingerprint density at radius 3 is 2.68 bits per heavy atom. The largest absolute Gasteiger partial charge is 0.489 e. The summed E-state index contributed by atoms with van der Waals surface area (Å²) in [5.74, 6) is 2.59. The van der Waals surface area contributed by atoms with E-state index < -0.39 is 5.97 Å². The highest BCUT2D eigenvalue weighted by Crippen LogP contribution is 2.52. The lowest BCUT2D eigenvalue weighted by molar-refractivity contribution is 0.0696. The van der Waals surface area contributed by atoms with Gasteiger partial charge in [-0.2, -0.15) is 11.8 Å². The lowest BCUT2D eigenvalue weighted by atomic mass is 9.76. The van der Waals surface area contributed by atoms with Crippen molar-refractivity contribution in [2.75, 3.05) is 16.8 Å². The molecule has 0 unspecified atom stereocenters. The Bertz CT molecular complexity index is 955. The van der Waals surface area contributed by atoms with E-state index in [2.05, 4.69) is 29.6 Å². The Kier molecular flexibility index (Phi) is 4.52. The summed E-state index contributed by atoms with van der Waals surface area (Å²) in [4.78, 5) is 11.4. The zero-order chi connectivity index (χ0) is 19.3. The van der Waals surface area contributed by atoms with E-state index in [1.807, 2.05) is 23.9 Å². The summed E-state index contributed by atoms with van der Waals surface area (Å²) < 4.78 is 5.96. The predicted octanol–water partition coefficient (Wildman–Crippen LogP) is 5.36. The van der Waals surface area contributed by atoms with Crippen LogP contribution in [0, 0.1) is 5.92 Å². The molecule has 1 fully saturated rings. The van der Waals surface area contributed by atoms with Gasteiger partial charge in [-0.25, -0.2) is 4.79 Å². The maximum atomic E-state index is 11.4. The fourth-order valence-electron chi connectivity index (χ4n) is 4.34. The van der Waals surface area contributed by atoms with Gasteiger partial charge in [-0.1, -0.05) is 35.9 Å². The van der Waals surface area contributed by atoms with Crippen LogP contribution in [0.15, 0.2) is 48.6 Å². The van der Waals surface area contributed by atoms with Gasteiger partial charge in [-0.3, -0.25) is 0 Å². The summed E-state index contributed by atoms with van der Waals surface area (Å²) in [6, 6.07) is 11.7. The van der Waals surface area contributed by atoms with Gasteiger partial charge in [0.2, 0.25) is 0 Å². The first kappa shape index (κ1) is 18.0. The molecule has 0 bridgehead atoms. The van der Waals surface area contributed by atoms with Gasteiger partial charge in [0, 0.05) is 17.4 Å². The number of ether oxygens (including phenoxy) is 1. The molecule has 28 heavy (non-hydrogen) atoms. The van der Waals surface area contributed by atoms with Crippen LogP contribution in [0.3, 0.4) is 0 Å². The van der Waals surface area contributed by atoms with Gasteiger partial charge < -0.3 is 15.2 Å². The molecule has 3 atom stereocenters. The maximum absolute atomic E-state index is 11.4.